The lowest BCUT2D eigenvalue weighted by Crippen LogP contribution is -2.38. The molecule has 5 heteroatoms. The highest BCUT2D eigenvalue weighted by molar-refractivity contribution is 5.98. The Bertz CT molecular complexity index is 505. The van der Waals surface area contributed by atoms with Crippen molar-refractivity contribution in [1.82, 2.24) is 4.90 Å². The molecule has 102 valence electrons. The first kappa shape index (κ1) is 13.5. The topological polar surface area (TPSA) is 63.5 Å². The Labute approximate surface area is 112 Å². The van der Waals surface area contributed by atoms with Crippen LogP contribution in [-0.4, -0.2) is 28.8 Å². The van der Waals surface area contributed by atoms with Crippen LogP contribution in [0.3, 0.4) is 0 Å². The lowest BCUT2D eigenvalue weighted by atomic mass is 9.98. The average molecular weight is 262 g/mol. The Hall–Kier alpha value is -1.91. The number of piperidine rings is 1. The van der Waals surface area contributed by atoms with E-state index in [1.54, 1.807) is 30.0 Å². The fourth-order valence-corrected chi connectivity index (χ4v) is 2.46. The third-order valence-corrected chi connectivity index (χ3v) is 3.72. The molecular formula is C14H18N2O3. The summed E-state index contributed by atoms with van der Waals surface area (Å²) < 4.78 is 0. The van der Waals surface area contributed by atoms with Crippen LogP contribution < -0.4 is 0 Å². The third kappa shape index (κ3) is 2.75. The van der Waals surface area contributed by atoms with Gasteiger partial charge in [0, 0.05) is 18.7 Å². The molecule has 0 aliphatic carbocycles. The number of nitro groups is 1. The Morgan fingerprint density at radius 1 is 1.37 bits per heavy atom. The molecule has 0 saturated carbocycles. The van der Waals surface area contributed by atoms with Crippen LogP contribution in [0.4, 0.5) is 5.69 Å². The lowest BCUT2D eigenvalue weighted by Gasteiger charge is -2.30. The summed E-state index contributed by atoms with van der Waals surface area (Å²) in [5.41, 5.74) is 0.673. The van der Waals surface area contributed by atoms with Gasteiger partial charge in [-0.25, -0.2) is 0 Å². The van der Waals surface area contributed by atoms with Crippen LogP contribution in [0.5, 0.6) is 0 Å². The van der Waals surface area contributed by atoms with E-state index in [9.17, 15) is 14.9 Å². The molecule has 1 aliphatic heterocycles. The average Bonchev–Trinajstić information content (AvgIpc) is 2.38. The second-order valence-electron chi connectivity index (χ2n) is 5.20. The molecule has 19 heavy (non-hydrogen) atoms. The molecule has 0 aromatic heterocycles. The molecule has 1 amide bonds. The first-order valence-corrected chi connectivity index (χ1v) is 6.54. The first-order chi connectivity index (χ1) is 9.00. The summed E-state index contributed by atoms with van der Waals surface area (Å²) in [5.74, 6) is 0.402. The van der Waals surface area contributed by atoms with Crippen LogP contribution in [0.2, 0.25) is 0 Å². The first-order valence-electron chi connectivity index (χ1n) is 6.54. The highest BCUT2D eigenvalue weighted by Crippen LogP contribution is 2.26. The lowest BCUT2D eigenvalue weighted by molar-refractivity contribution is -0.385. The van der Waals surface area contributed by atoms with E-state index in [0.29, 0.717) is 24.6 Å². The smallest absolute Gasteiger partial charge is 0.285 e. The maximum absolute atomic E-state index is 12.4. The van der Waals surface area contributed by atoms with Crippen LogP contribution in [0.25, 0.3) is 0 Å². The number of nitro benzene ring substituents is 1. The van der Waals surface area contributed by atoms with Gasteiger partial charge in [0.1, 0.15) is 5.56 Å². The number of amides is 1. The molecule has 0 atom stereocenters. The number of hydrogen-bond acceptors (Lipinski definition) is 3. The molecule has 1 aromatic rings. The predicted molar refractivity (Wildman–Crippen MR) is 72.1 cm³/mol. The van der Waals surface area contributed by atoms with Gasteiger partial charge in [0.25, 0.3) is 11.6 Å². The normalized spacial score (nSPS) is 16.4. The molecule has 0 spiro atoms. The maximum atomic E-state index is 12.4. The molecular weight excluding hydrogens is 244 g/mol. The molecule has 1 saturated heterocycles. The second kappa shape index (κ2) is 5.38. The van der Waals surface area contributed by atoms with E-state index in [1.807, 2.05) is 0 Å². The van der Waals surface area contributed by atoms with E-state index in [4.69, 9.17) is 0 Å². The van der Waals surface area contributed by atoms with Gasteiger partial charge >= 0.3 is 0 Å². The van der Waals surface area contributed by atoms with Gasteiger partial charge in [-0.3, -0.25) is 14.9 Å². The fourth-order valence-electron chi connectivity index (χ4n) is 2.46. The Kier molecular flexibility index (Phi) is 3.83. The van der Waals surface area contributed by atoms with Crippen LogP contribution in [0.15, 0.2) is 18.2 Å². The van der Waals surface area contributed by atoms with Crippen molar-refractivity contribution < 1.29 is 9.72 Å². The molecule has 5 nitrogen and oxygen atoms in total. The largest absolute Gasteiger partial charge is 0.338 e. The number of nitrogens with zero attached hydrogens (tertiary/aromatic N) is 2. The van der Waals surface area contributed by atoms with E-state index in [2.05, 4.69) is 6.92 Å². The van der Waals surface area contributed by atoms with Crippen molar-refractivity contribution in [2.24, 2.45) is 5.92 Å². The summed E-state index contributed by atoms with van der Waals surface area (Å²) in [7, 11) is 0. The zero-order valence-corrected chi connectivity index (χ0v) is 11.3. The Balaban J connectivity index is 2.29. The maximum Gasteiger partial charge on any atom is 0.285 e. The number of benzene rings is 1. The van der Waals surface area contributed by atoms with Crippen LogP contribution in [-0.2, 0) is 0 Å². The van der Waals surface area contributed by atoms with E-state index in [0.717, 1.165) is 12.8 Å². The van der Waals surface area contributed by atoms with Gasteiger partial charge in [-0.05, 0) is 31.7 Å². The van der Waals surface area contributed by atoms with Gasteiger partial charge < -0.3 is 4.90 Å². The number of hydrogen-bond donors (Lipinski definition) is 0. The minimum Gasteiger partial charge on any atom is -0.338 e. The summed E-state index contributed by atoms with van der Waals surface area (Å²) in [6.07, 6.45) is 1.93. The number of carbonyl (C=O) groups is 1. The van der Waals surface area contributed by atoms with E-state index >= 15 is 0 Å². The summed E-state index contributed by atoms with van der Waals surface area (Å²) in [4.78, 5) is 24.8. The molecule has 1 aliphatic rings. The quantitative estimate of drug-likeness (QED) is 0.608. The summed E-state index contributed by atoms with van der Waals surface area (Å²) in [6.45, 7) is 5.19. The van der Waals surface area contributed by atoms with E-state index in [-0.39, 0.29) is 17.2 Å². The second-order valence-corrected chi connectivity index (χ2v) is 5.20. The molecule has 1 fully saturated rings. The summed E-state index contributed by atoms with van der Waals surface area (Å²) >= 11 is 0. The summed E-state index contributed by atoms with van der Waals surface area (Å²) in [5, 5.41) is 11.1. The monoisotopic (exact) mass is 262 g/mol. The van der Waals surface area contributed by atoms with Crippen molar-refractivity contribution in [2.45, 2.75) is 26.7 Å². The van der Waals surface area contributed by atoms with Gasteiger partial charge in [0.2, 0.25) is 0 Å². The van der Waals surface area contributed by atoms with Crippen LogP contribution >= 0.6 is 0 Å². The van der Waals surface area contributed by atoms with Crippen molar-refractivity contribution >= 4 is 11.6 Å². The van der Waals surface area contributed by atoms with Gasteiger partial charge in [0.05, 0.1) is 4.92 Å². The number of para-hydroxylation sites is 1. The zero-order chi connectivity index (χ0) is 14.0. The van der Waals surface area contributed by atoms with E-state index in [1.165, 1.54) is 0 Å². The van der Waals surface area contributed by atoms with Crippen molar-refractivity contribution in [2.75, 3.05) is 13.1 Å². The Morgan fingerprint density at radius 2 is 2.00 bits per heavy atom. The zero-order valence-electron chi connectivity index (χ0n) is 11.3. The number of rotatable bonds is 2. The summed E-state index contributed by atoms with van der Waals surface area (Å²) in [6, 6.07) is 4.90. The van der Waals surface area contributed by atoms with Crippen molar-refractivity contribution in [3.8, 4) is 0 Å². The minimum absolute atomic E-state index is 0.0638. The molecule has 0 unspecified atom stereocenters. The fraction of sp³-hybridized carbons (Fsp3) is 0.500. The van der Waals surface area contributed by atoms with Crippen molar-refractivity contribution in [3.63, 3.8) is 0 Å². The van der Waals surface area contributed by atoms with Gasteiger partial charge in [-0.2, -0.15) is 0 Å². The van der Waals surface area contributed by atoms with Crippen LogP contribution in [0.1, 0.15) is 35.7 Å². The van der Waals surface area contributed by atoms with Gasteiger partial charge in [-0.1, -0.05) is 19.1 Å². The van der Waals surface area contributed by atoms with Crippen LogP contribution in [0, 0.1) is 23.0 Å². The number of carbonyl (C=O) groups excluding carboxylic acids is 1. The van der Waals surface area contributed by atoms with E-state index < -0.39 is 4.92 Å². The standard InChI is InChI=1S/C14H18N2O3/c1-10-6-8-15(9-7-10)14(17)12-5-3-4-11(2)13(12)16(18)19/h3-5,10H,6-9H2,1-2H3. The molecule has 0 bridgehead atoms. The third-order valence-electron chi connectivity index (χ3n) is 3.72. The SMILES string of the molecule is Cc1cccc(C(=O)N2CCC(C)CC2)c1[N+](=O)[O-]. The molecule has 1 heterocycles. The van der Waals surface area contributed by atoms with Crippen molar-refractivity contribution in [3.05, 3.63) is 39.4 Å². The molecule has 1 aromatic carbocycles. The number of aryl methyl sites for hydroxylation is 1. The molecule has 2 rings (SSSR count). The highest BCUT2D eigenvalue weighted by atomic mass is 16.6. The van der Waals surface area contributed by atoms with Gasteiger partial charge in [-0.15, -0.1) is 0 Å². The van der Waals surface area contributed by atoms with Gasteiger partial charge in [0.15, 0.2) is 0 Å². The Morgan fingerprint density at radius 3 is 2.58 bits per heavy atom. The minimum atomic E-state index is -0.463. The molecule has 0 radical (unpaired) electrons. The van der Waals surface area contributed by atoms with Crippen molar-refractivity contribution in [1.29, 1.82) is 0 Å². The highest BCUT2D eigenvalue weighted by Gasteiger charge is 2.28. The molecule has 0 N–H and O–H groups in total. The number of likely N-dealkylation sites (tertiary alicyclic amines) is 1. The predicted octanol–water partition coefficient (Wildman–Crippen LogP) is 2.78.